The molecule has 0 amide bonds. The van der Waals surface area contributed by atoms with Crippen molar-refractivity contribution in [1.29, 1.82) is 0 Å². The molecule has 2 rings (SSSR count). The Labute approximate surface area is 140 Å². The van der Waals surface area contributed by atoms with Gasteiger partial charge in [0.2, 0.25) is 0 Å². The molecule has 1 aromatic carbocycles. The van der Waals surface area contributed by atoms with Crippen LogP contribution in [0.5, 0.6) is 0 Å². The molecule has 0 unspecified atom stereocenters. The molecule has 0 spiro atoms. The van der Waals surface area contributed by atoms with Crippen molar-refractivity contribution >= 4 is 11.7 Å². The lowest BCUT2D eigenvalue weighted by atomic mass is 10.1. The van der Waals surface area contributed by atoms with Crippen LogP contribution < -0.4 is 10.2 Å². The maximum atomic E-state index is 12.2. The third-order valence-electron chi connectivity index (χ3n) is 3.65. The highest BCUT2D eigenvalue weighted by atomic mass is 19.4. The summed E-state index contributed by atoms with van der Waals surface area (Å²) in [6, 6.07) is 6.77. The van der Waals surface area contributed by atoms with Crippen LogP contribution in [0.25, 0.3) is 0 Å². The molecule has 0 saturated carbocycles. The Morgan fingerprint density at radius 3 is 2.42 bits per heavy atom. The largest absolute Gasteiger partial charge is 0.456 e. The molecule has 0 aromatic heterocycles. The predicted octanol–water partition coefficient (Wildman–Crippen LogP) is 3.37. The van der Waals surface area contributed by atoms with Gasteiger partial charge in [0.05, 0.1) is 12.1 Å². The van der Waals surface area contributed by atoms with Gasteiger partial charge in [0.15, 0.2) is 0 Å². The van der Waals surface area contributed by atoms with Crippen molar-refractivity contribution in [3.8, 4) is 0 Å². The first-order valence-corrected chi connectivity index (χ1v) is 7.92. The summed E-state index contributed by atoms with van der Waals surface area (Å²) in [5, 5.41) is 2.54. The molecule has 24 heavy (non-hydrogen) atoms. The predicted molar refractivity (Wildman–Crippen MR) is 86.3 cm³/mol. The number of esters is 1. The van der Waals surface area contributed by atoms with Crippen molar-refractivity contribution < 1.29 is 22.7 Å². The Morgan fingerprint density at radius 1 is 1.25 bits per heavy atom. The highest BCUT2D eigenvalue weighted by Crippen LogP contribution is 2.22. The van der Waals surface area contributed by atoms with Gasteiger partial charge in [-0.1, -0.05) is 0 Å². The number of rotatable bonds is 4. The van der Waals surface area contributed by atoms with Gasteiger partial charge in [-0.2, -0.15) is 13.2 Å². The van der Waals surface area contributed by atoms with Crippen molar-refractivity contribution in [1.82, 2.24) is 5.32 Å². The normalized spacial score (nSPS) is 18.8. The molecule has 1 aliphatic heterocycles. The second-order valence-electron chi connectivity index (χ2n) is 6.98. The van der Waals surface area contributed by atoms with E-state index in [1.807, 2.05) is 4.90 Å². The van der Waals surface area contributed by atoms with Crippen LogP contribution in [0.3, 0.4) is 0 Å². The summed E-state index contributed by atoms with van der Waals surface area (Å²) < 4.78 is 42.0. The monoisotopic (exact) mass is 344 g/mol. The molecule has 0 aliphatic carbocycles. The summed E-state index contributed by atoms with van der Waals surface area (Å²) in [5.74, 6) is -0.389. The van der Waals surface area contributed by atoms with Crippen LogP contribution in [0, 0.1) is 0 Å². The molecule has 0 radical (unpaired) electrons. The minimum absolute atomic E-state index is 0.183. The zero-order chi connectivity index (χ0) is 18.0. The number of halogens is 3. The van der Waals surface area contributed by atoms with Crippen molar-refractivity contribution in [3.63, 3.8) is 0 Å². The maximum absolute atomic E-state index is 12.2. The number of alkyl halides is 3. The first kappa shape index (κ1) is 18.6. The van der Waals surface area contributed by atoms with Crippen LogP contribution in [0.1, 0.15) is 37.6 Å². The highest BCUT2D eigenvalue weighted by molar-refractivity contribution is 5.90. The lowest BCUT2D eigenvalue weighted by molar-refractivity contribution is -0.125. The fraction of sp³-hybridized carbons (Fsp3) is 0.588. The molecule has 134 valence electrons. The molecule has 1 heterocycles. The van der Waals surface area contributed by atoms with Crippen LogP contribution in [0.2, 0.25) is 0 Å². The number of nitrogens with zero attached hydrogens (tertiary/aromatic N) is 1. The summed E-state index contributed by atoms with van der Waals surface area (Å²) in [5.41, 5.74) is 0.792. The number of nitrogens with one attached hydrogen (secondary N) is 1. The van der Waals surface area contributed by atoms with E-state index in [0.29, 0.717) is 25.1 Å². The molecule has 1 aliphatic rings. The quantitative estimate of drug-likeness (QED) is 0.851. The topological polar surface area (TPSA) is 41.6 Å². The number of hydrogen-bond acceptors (Lipinski definition) is 4. The standard InChI is InChI=1S/C17H23F3N2O2/c1-16(2,3)24-15(23)12-4-6-14(7-5-12)22-9-8-13(10-22)21-11-17(18,19)20/h4-7,13,21H,8-11H2,1-3H3/t13-/m0/s1. The van der Waals surface area contributed by atoms with E-state index in [0.717, 1.165) is 5.69 Å². The van der Waals surface area contributed by atoms with E-state index in [1.165, 1.54) is 0 Å². The van der Waals surface area contributed by atoms with Gasteiger partial charge in [0.1, 0.15) is 5.60 Å². The third kappa shape index (κ3) is 5.70. The Kier molecular flexibility index (Phi) is 5.42. The number of carbonyl (C=O) groups is 1. The van der Waals surface area contributed by atoms with E-state index in [9.17, 15) is 18.0 Å². The van der Waals surface area contributed by atoms with Gasteiger partial charge >= 0.3 is 12.1 Å². The Bertz CT molecular complexity index is 565. The van der Waals surface area contributed by atoms with Crippen LogP contribution in [0.4, 0.5) is 18.9 Å². The van der Waals surface area contributed by atoms with E-state index in [-0.39, 0.29) is 12.0 Å². The molecule has 4 nitrogen and oxygen atoms in total. The van der Waals surface area contributed by atoms with Gasteiger partial charge in [-0.25, -0.2) is 4.79 Å². The van der Waals surface area contributed by atoms with E-state index in [1.54, 1.807) is 45.0 Å². The van der Waals surface area contributed by atoms with Gasteiger partial charge in [-0.05, 0) is 51.5 Å². The summed E-state index contributed by atoms with van der Waals surface area (Å²) in [7, 11) is 0. The molecule has 7 heteroatoms. The molecule has 1 atom stereocenters. The Morgan fingerprint density at radius 2 is 1.88 bits per heavy atom. The average Bonchev–Trinajstić information content (AvgIpc) is 2.92. The SMILES string of the molecule is CC(C)(C)OC(=O)c1ccc(N2CC[C@H](NCC(F)(F)F)C2)cc1. The van der Waals surface area contributed by atoms with Gasteiger partial charge < -0.3 is 15.0 Å². The van der Waals surface area contributed by atoms with Crippen LogP contribution in [0.15, 0.2) is 24.3 Å². The van der Waals surface area contributed by atoms with Crippen molar-refractivity contribution in [3.05, 3.63) is 29.8 Å². The van der Waals surface area contributed by atoms with E-state index in [2.05, 4.69) is 5.32 Å². The minimum atomic E-state index is -4.19. The molecular formula is C17H23F3N2O2. The smallest absolute Gasteiger partial charge is 0.401 e. The molecule has 1 aromatic rings. The second kappa shape index (κ2) is 7.01. The third-order valence-corrected chi connectivity index (χ3v) is 3.65. The average molecular weight is 344 g/mol. The second-order valence-corrected chi connectivity index (χ2v) is 6.98. The van der Waals surface area contributed by atoms with Crippen molar-refractivity contribution in [2.24, 2.45) is 0 Å². The Balaban J connectivity index is 1.91. The maximum Gasteiger partial charge on any atom is 0.401 e. The summed E-state index contributed by atoms with van der Waals surface area (Å²) in [4.78, 5) is 14.0. The first-order chi connectivity index (χ1) is 11.0. The van der Waals surface area contributed by atoms with Crippen LogP contribution in [-0.2, 0) is 4.74 Å². The van der Waals surface area contributed by atoms with E-state index in [4.69, 9.17) is 4.74 Å². The van der Waals surface area contributed by atoms with E-state index < -0.39 is 18.3 Å². The van der Waals surface area contributed by atoms with Crippen molar-refractivity contribution in [2.45, 2.75) is 45.0 Å². The number of hydrogen-bond donors (Lipinski definition) is 1. The lowest BCUT2D eigenvalue weighted by Gasteiger charge is -2.21. The number of ether oxygens (including phenoxy) is 1. The van der Waals surface area contributed by atoms with Crippen LogP contribution in [-0.4, -0.2) is 43.4 Å². The van der Waals surface area contributed by atoms with Crippen molar-refractivity contribution in [2.75, 3.05) is 24.5 Å². The fourth-order valence-corrected chi connectivity index (χ4v) is 2.57. The highest BCUT2D eigenvalue weighted by Gasteiger charge is 2.30. The first-order valence-electron chi connectivity index (χ1n) is 7.92. The summed E-state index contributed by atoms with van der Waals surface area (Å²) in [6.07, 6.45) is -3.54. The zero-order valence-electron chi connectivity index (χ0n) is 14.1. The summed E-state index contributed by atoms with van der Waals surface area (Å²) >= 11 is 0. The summed E-state index contributed by atoms with van der Waals surface area (Å²) in [6.45, 7) is 5.64. The zero-order valence-corrected chi connectivity index (χ0v) is 14.1. The van der Waals surface area contributed by atoms with Crippen LogP contribution >= 0.6 is 0 Å². The van der Waals surface area contributed by atoms with Gasteiger partial charge in [-0.3, -0.25) is 0 Å². The molecule has 1 saturated heterocycles. The molecule has 0 bridgehead atoms. The molecule has 1 fully saturated rings. The minimum Gasteiger partial charge on any atom is -0.456 e. The Hall–Kier alpha value is -1.76. The van der Waals surface area contributed by atoms with Gasteiger partial charge in [0, 0.05) is 24.8 Å². The number of benzene rings is 1. The lowest BCUT2D eigenvalue weighted by Crippen LogP contribution is -2.38. The molecule has 1 N–H and O–H groups in total. The van der Waals surface area contributed by atoms with Gasteiger partial charge in [0.25, 0.3) is 0 Å². The fourth-order valence-electron chi connectivity index (χ4n) is 2.57. The van der Waals surface area contributed by atoms with E-state index >= 15 is 0 Å². The number of anilines is 1. The molecular weight excluding hydrogens is 321 g/mol. The number of carbonyl (C=O) groups excluding carboxylic acids is 1. The van der Waals surface area contributed by atoms with Gasteiger partial charge in [-0.15, -0.1) is 0 Å².